The monoisotopic (exact) mass is 298 g/mol. The van der Waals surface area contributed by atoms with Crippen molar-refractivity contribution < 1.29 is 18.3 Å². The maximum Gasteiger partial charge on any atom is 0.228 e. The van der Waals surface area contributed by atoms with Crippen molar-refractivity contribution in [2.75, 3.05) is 26.8 Å². The molecule has 21 heavy (non-hydrogen) atoms. The lowest BCUT2D eigenvalue weighted by Crippen LogP contribution is -2.49. The van der Waals surface area contributed by atoms with E-state index < -0.39 is 17.0 Å². The van der Waals surface area contributed by atoms with Crippen LogP contribution in [0, 0.1) is 17.0 Å². The number of nitrogens with one attached hydrogen (secondary N) is 2. The van der Waals surface area contributed by atoms with Gasteiger partial charge in [-0.2, -0.15) is 0 Å². The SMILES string of the molecule is COCC1(C(=O)NCc2ccc(F)c(F)c2)CCNCC1. The molecule has 1 aromatic rings. The van der Waals surface area contributed by atoms with Crippen molar-refractivity contribution in [3.8, 4) is 0 Å². The first-order valence-electron chi connectivity index (χ1n) is 6.99. The number of carbonyl (C=O) groups is 1. The zero-order valence-electron chi connectivity index (χ0n) is 12.0. The quantitative estimate of drug-likeness (QED) is 0.868. The maximum absolute atomic E-state index is 13.1. The zero-order valence-corrected chi connectivity index (χ0v) is 12.0. The third-order valence-electron chi connectivity index (χ3n) is 3.90. The largest absolute Gasteiger partial charge is 0.384 e. The highest BCUT2D eigenvalue weighted by Crippen LogP contribution is 2.29. The highest BCUT2D eigenvalue weighted by atomic mass is 19.2. The van der Waals surface area contributed by atoms with Crippen LogP contribution in [-0.2, 0) is 16.1 Å². The van der Waals surface area contributed by atoms with Crippen molar-refractivity contribution in [3.05, 3.63) is 35.4 Å². The smallest absolute Gasteiger partial charge is 0.228 e. The first-order valence-corrected chi connectivity index (χ1v) is 6.99. The van der Waals surface area contributed by atoms with Crippen molar-refractivity contribution in [2.45, 2.75) is 19.4 Å². The summed E-state index contributed by atoms with van der Waals surface area (Å²) in [6.45, 7) is 2.07. The van der Waals surface area contributed by atoms with E-state index in [1.54, 1.807) is 7.11 Å². The lowest BCUT2D eigenvalue weighted by atomic mass is 9.78. The number of hydrogen-bond acceptors (Lipinski definition) is 3. The minimum atomic E-state index is -0.907. The Morgan fingerprint density at radius 2 is 2.05 bits per heavy atom. The zero-order chi connectivity index (χ0) is 15.3. The number of benzene rings is 1. The van der Waals surface area contributed by atoms with Gasteiger partial charge in [0.2, 0.25) is 5.91 Å². The molecular formula is C15H20F2N2O2. The Labute approximate surface area is 122 Å². The molecule has 2 rings (SSSR count). The second kappa shape index (κ2) is 6.95. The van der Waals surface area contributed by atoms with E-state index in [-0.39, 0.29) is 12.5 Å². The molecule has 0 spiro atoms. The Kier molecular flexibility index (Phi) is 5.25. The van der Waals surface area contributed by atoms with Crippen LogP contribution in [0.1, 0.15) is 18.4 Å². The number of carbonyl (C=O) groups excluding carboxylic acids is 1. The number of ether oxygens (including phenoxy) is 1. The molecule has 1 aliphatic rings. The van der Waals surface area contributed by atoms with Crippen molar-refractivity contribution in [1.82, 2.24) is 10.6 Å². The van der Waals surface area contributed by atoms with Crippen LogP contribution in [0.3, 0.4) is 0 Å². The molecule has 1 amide bonds. The molecule has 1 heterocycles. The summed E-state index contributed by atoms with van der Waals surface area (Å²) in [5.41, 5.74) is -0.0118. The van der Waals surface area contributed by atoms with Crippen molar-refractivity contribution >= 4 is 5.91 Å². The molecule has 2 N–H and O–H groups in total. The van der Waals surface area contributed by atoms with E-state index in [0.717, 1.165) is 25.2 Å². The van der Waals surface area contributed by atoms with Gasteiger partial charge >= 0.3 is 0 Å². The molecule has 0 bridgehead atoms. The minimum Gasteiger partial charge on any atom is -0.384 e. The predicted octanol–water partition coefficient (Wildman–Crippen LogP) is 1.60. The second-order valence-corrected chi connectivity index (χ2v) is 5.39. The molecule has 1 saturated heterocycles. The number of piperidine rings is 1. The normalized spacial score (nSPS) is 17.5. The molecule has 4 nitrogen and oxygen atoms in total. The van der Waals surface area contributed by atoms with Crippen LogP contribution in [0.2, 0.25) is 0 Å². The lowest BCUT2D eigenvalue weighted by molar-refractivity contribution is -0.136. The summed E-state index contributed by atoms with van der Waals surface area (Å²) in [6, 6.07) is 3.62. The summed E-state index contributed by atoms with van der Waals surface area (Å²) in [5, 5.41) is 6.02. The first kappa shape index (κ1) is 15.9. The van der Waals surface area contributed by atoms with Crippen molar-refractivity contribution in [1.29, 1.82) is 0 Å². The van der Waals surface area contributed by atoms with Gasteiger partial charge in [-0.25, -0.2) is 8.78 Å². The highest BCUT2D eigenvalue weighted by molar-refractivity contribution is 5.83. The summed E-state index contributed by atoms with van der Waals surface area (Å²) >= 11 is 0. The molecule has 1 aromatic carbocycles. The molecular weight excluding hydrogens is 278 g/mol. The number of hydrogen-bond donors (Lipinski definition) is 2. The fraction of sp³-hybridized carbons (Fsp3) is 0.533. The van der Waals surface area contributed by atoms with E-state index in [2.05, 4.69) is 10.6 Å². The Morgan fingerprint density at radius 3 is 2.67 bits per heavy atom. The van der Waals surface area contributed by atoms with Gasteiger partial charge in [-0.1, -0.05) is 6.07 Å². The fourth-order valence-electron chi connectivity index (χ4n) is 2.64. The van der Waals surface area contributed by atoms with Crippen LogP contribution in [0.15, 0.2) is 18.2 Å². The minimum absolute atomic E-state index is 0.101. The fourth-order valence-corrected chi connectivity index (χ4v) is 2.64. The number of amides is 1. The summed E-state index contributed by atoms with van der Waals surface area (Å²) < 4.78 is 31.2. The van der Waals surface area contributed by atoms with Gasteiger partial charge in [-0.15, -0.1) is 0 Å². The van der Waals surface area contributed by atoms with Crippen LogP contribution in [0.4, 0.5) is 8.78 Å². The Hall–Kier alpha value is -1.53. The third-order valence-corrected chi connectivity index (χ3v) is 3.90. The van der Waals surface area contributed by atoms with E-state index in [9.17, 15) is 13.6 Å². The molecule has 0 aromatic heterocycles. The first-order chi connectivity index (χ1) is 10.1. The molecule has 0 unspecified atom stereocenters. The van der Waals surface area contributed by atoms with Gasteiger partial charge in [0.15, 0.2) is 11.6 Å². The van der Waals surface area contributed by atoms with Gasteiger partial charge in [0, 0.05) is 13.7 Å². The lowest BCUT2D eigenvalue weighted by Gasteiger charge is -2.35. The molecule has 6 heteroatoms. The van der Waals surface area contributed by atoms with Gasteiger partial charge in [-0.3, -0.25) is 4.79 Å². The molecule has 0 atom stereocenters. The number of halogens is 2. The predicted molar refractivity (Wildman–Crippen MR) is 74.6 cm³/mol. The Bertz CT molecular complexity index is 497. The number of rotatable bonds is 5. The van der Waals surface area contributed by atoms with Crippen LogP contribution < -0.4 is 10.6 Å². The second-order valence-electron chi connectivity index (χ2n) is 5.39. The average molecular weight is 298 g/mol. The van der Waals surface area contributed by atoms with Crippen LogP contribution in [0.5, 0.6) is 0 Å². The molecule has 0 radical (unpaired) electrons. The van der Waals surface area contributed by atoms with Crippen molar-refractivity contribution in [3.63, 3.8) is 0 Å². The van der Waals surface area contributed by atoms with Crippen LogP contribution >= 0.6 is 0 Å². The van der Waals surface area contributed by atoms with Gasteiger partial charge in [-0.05, 0) is 43.6 Å². The molecule has 1 aliphatic heterocycles. The topological polar surface area (TPSA) is 50.4 Å². The third kappa shape index (κ3) is 3.77. The van der Waals surface area contributed by atoms with Crippen LogP contribution in [0.25, 0.3) is 0 Å². The van der Waals surface area contributed by atoms with E-state index in [1.165, 1.54) is 6.07 Å². The van der Waals surface area contributed by atoms with Gasteiger partial charge < -0.3 is 15.4 Å². The summed E-state index contributed by atoms with van der Waals surface area (Å²) in [7, 11) is 1.58. The van der Waals surface area contributed by atoms with Gasteiger partial charge in [0.1, 0.15) is 0 Å². The maximum atomic E-state index is 13.1. The van der Waals surface area contributed by atoms with Gasteiger partial charge in [0.25, 0.3) is 0 Å². The molecule has 116 valence electrons. The highest BCUT2D eigenvalue weighted by Gasteiger charge is 2.39. The van der Waals surface area contributed by atoms with E-state index >= 15 is 0 Å². The van der Waals surface area contributed by atoms with E-state index in [4.69, 9.17) is 4.74 Å². The summed E-state index contributed by atoms with van der Waals surface area (Å²) in [4.78, 5) is 12.4. The number of methoxy groups -OCH3 is 1. The molecule has 0 saturated carbocycles. The summed E-state index contributed by atoms with van der Waals surface area (Å²) in [5.74, 6) is -1.90. The van der Waals surface area contributed by atoms with Gasteiger partial charge in [0.05, 0.1) is 12.0 Å². The Morgan fingerprint density at radius 1 is 1.33 bits per heavy atom. The molecule has 0 aliphatic carbocycles. The Balaban J connectivity index is 2.00. The summed E-state index contributed by atoms with van der Waals surface area (Å²) in [6.07, 6.45) is 1.40. The standard InChI is InChI=1S/C15H20F2N2O2/c1-21-10-15(4-6-18-7-5-15)14(20)19-9-11-2-3-12(16)13(17)8-11/h2-3,8,18H,4-7,9-10H2,1H3,(H,19,20). The molecule has 1 fully saturated rings. The average Bonchev–Trinajstić information content (AvgIpc) is 2.49. The van der Waals surface area contributed by atoms with Crippen LogP contribution in [-0.4, -0.2) is 32.7 Å². The van der Waals surface area contributed by atoms with E-state index in [1.807, 2.05) is 0 Å². The van der Waals surface area contributed by atoms with Crippen molar-refractivity contribution in [2.24, 2.45) is 5.41 Å². The van der Waals surface area contributed by atoms with E-state index in [0.29, 0.717) is 25.0 Å².